The zero-order valence-corrected chi connectivity index (χ0v) is 12.2. The Morgan fingerprint density at radius 1 is 1.53 bits per heavy atom. The van der Waals surface area contributed by atoms with Crippen molar-refractivity contribution in [2.75, 3.05) is 13.1 Å². The number of aromatic nitrogens is 2. The molecule has 1 aliphatic rings. The first-order chi connectivity index (χ1) is 8.59. The van der Waals surface area contributed by atoms with Crippen molar-refractivity contribution in [3.63, 3.8) is 0 Å². The molecule has 0 aromatic carbocycles. The highest BCUT2D eigenvalue weighted by Crippen LogP contribution is 2.29. The summed E-state index contributed by atoms with van der Waals surface area (Å²) in [7, 11) is 0. The average molecular weight is 285 g/mol. The third-order valence-electron chi connectivity index (χ3n) is 3.65. The molecule has 1 aromatic rings. The molecule has 1 aromatic heterocycles. The van der Waals surface area contributed by atoms with Gasteiger partial charge in [0, 0.05) is 12.6 Å². The standard InChI is InChI=1S/C13H20N4O.ClH/c1-13(2)5-3-6-14-11(13)9-15-12(18)10-4-7-16-17-8-10;/h4,7-8,11,14H,3,5-6,9H2,1-2H3,(H,15,18);1H. The number of piperidine rings is 1. The molecule has 0 radical (unpaired) electrons. The number of hydrogen-bond donors (Lipinski definition) is 2. The van der Waals surface area contributed by atoms with Crippen LogP contribution in [-0.4, -0.2) is 35.2 Å². The van der Waals surface area contributed by atoms with E-state index in [9.17, 15) is 4.79 Å². The maximum Gasteiger partial charge on any atom is 0.253 e. The van der Waals surface area contributed by atoms with E-state index in [0.29, 0.717) is 18.2 Å². The summed E-state index contributed by atoms with van der Waals surface area (Å²) in [6.07, 6.45) is 5.40. The van der Waals surface area contributed by atoms with Gasteiger partial charge in [-0.2, -0.15) is 10.2 Å². The maximum absolute atomic E-state index is 11.9. The highest BCUT2D eigenvalue weighted by atomic mass is 35.5. The van der Waals surface area contributed by atoms with Crippen molar-refractivity contribution >= 4 is 18.3 Å². The molecule has 1 aliphatic heterocycles. The van der Waals surface area contributed by atoms with Crippen LogP contribution in [0.1, 0.15) is 37.0 Å². The van der Waals surface area contributed by atoms with Crippen molar-refractivity contribution in [2.45, 2.75) is 32.7 Å². The van der Waals surface area contributed by atoms with Crippen LogP contribution in [0.25, 0.3) is 0 Å². The number of amides is 1. The van der Waals surface area contributed by atoms with E-state index in [1.807, 2.05) is 0 Å². The molecule has 1 atom stereocenters. The summed E-state index contributed by atoms with van der Waals surface area (Å²) in [6.45, 7) is 6.16. The fraction of sp³-hybridized carbons (Fsp3) is 0.615. The molecule has 106 valence electrons. The van der Waals surface area contributed by atoms with Gasteiger partial charge in [-0.15, -0.1) is 12.4 Å². The molecule has 19 heavy (non-hydrogen) atoms. The first kappa shape index (κ1) is 15.9. The summed E-state index contributed by atoms with van der Waals surface area (Å²) < 4.78 is 0. The highest BCUT2D eigenvalue weighted by molar-refractivity contribution is 5.93. The topological polar surface area (TPSA) is 66.9 Å². The molecule has 5 nitrogen and oxygen atoms in total. The second-order valence-corrected chi connectivity index (χ2v) is 5.44. The van der Waals surface area contributed by atoms with Crippen molar-refractivity contribution in [3.8, 4) is 0 Å². The molecule has 0 bridgehead atoms. The van der Waals surface area contributed by atoms with Crippen molar-refractivity contribution in [2.24, 2.45) is 5.41 Å². The van der Waals surface area contributed by atoms with Crippen LogP contribution in [0.15, 0.2) is 18.5 Å². The Balaban J connectivity index is 0.00000180. The van der Waals surface area contributed by atoms with Crippen LogP contribution in [0.5, 0.6) is 0 Å². The van der Waals surface area contributed by atoms with Gasteiger partial charge in [0.2, 0.25) is 0 Å². The van der Waals surface area contributed by atoms with Gasteiger partial charge < -0.3 is 10.6 Å². The van der Waals surface area contributed by atoms with Gasteiger partial charge in [0.15, 0.2) is 0 Å². The fourth-order valence-electron chi connectivity index (χ4n) is 2.34. The Labute approximate surface area is 120 Å². The van der Waals surface area contributed by atoms with Gasteiger partial charge in [0.1, 0.15) is 0 Å². The molecule has 0 aliphatic carbocycles. The van der Waals surface area contributed by atoms with Crippen LogP contribution >= 0.6 is 12.4 Å². The monoisotopic (exact) mass is 284 g/mol. The molecule has 0 saturated carbocycles. The Morgan fingerprint density at radius 3 is 2.95 bits per heavy atom. The van der Waals surface area contributed by atoms with E-state index in [2.05, 4.69) is 34.7 Å². The average Bonchev–Trinajstić information content (AvgIpc) is 2.38. The molecule has 1 fully saturated rings. The molecule has 0 spiro atoms. The quantitative estimate of drug-likeness (QED) is 0.881. The van der Waals surface area contributed by atoms with E-state index in [1.54, 1.807) is 6.07 Å². The molecule has 6 heteroatoms. The van der Waals surface area contributed by atoms with Crippen LogP contribution in [0.2, 0.25) is 0 Å². The number of nitrogens with one attached hydrogen (secondary N) is 2. The van der Waals surface area contributed by atoms with E-state index in [-0.39, 0.29) is 23.7 Å². The van der Waals surface area contributed by atoms with E-state index in [1.165, 1.54) is 25.2 Å². The lowest BCUT2D eigenvalue weighted by Crippen LogP contribution is -2.52. The van der Waals surface area contributed by atoms with Gasteiger partial charge in [-0.3, -0.25) is 4.79 Å². The van der Waals surface area contributed by atoms with Crippen molar-refractivity contribution in [1.29, 1.82) is 0 Å². The van der Waals surface area contributed by atoms with Gasteiger partial charge in [0.25, 0.3) is 5.91 Å². The summed E-state index contributed by atoms with van der Waals surface area (Å²) in [5.74, 6) is -0.0897. The van der Waals surface area contributed by atoms with Crippen LogP contribution in [0.3, 0.4) is 0 Å². The number of hydrogen-bond acceptors (Lipinski definition) is 4. The van der Waals surface area contributed by atoms with Gasteiger partial charge in [-0.1, -0.05) is 13.8 Å². The largest absolute Gasteiger partial charge is 0.350 e. The van der Waals surface area contributed by atoms with Gasteiger partial charge >= 0.3 is 0 Å². The third-order valence-corrected chi connectivity index (χ3v) is 3.65. The number of nitrogens with zero attached hydrogens (tertiary/aromatic N) is 2. The second kappa shape index (κ2) is 6.82. The smallest absolute Gasteiger partial charge is 0.253 e. The summed E-state index contributed by atoms with van der Waals surface area (Å²) in [5, 5.41) is 13.8. The van der Waals surface area contributed by atoms with E-state index in [0.717, 1.165) is 6.54 Å². The second-order valence-electron chi connectivity index (χ2n) is 5.44. The highest BCUT2D eigenvalue weighted by Gasteiger charge is 2.31. The fourth-order valence-corrected chi connectivity index (χ4v) is 2.34. The van der Waals surface area contributed by atoms with Crippen LogP contribution in [-0.2, 0) is 0 Å². The first-order valence-corrected chi connectivity index (χ1v) is 6.38. The summed E-state index contributed by atoms with van der Waals surface area (Å²) in [4.78, 5) is 11.9. The van der Waals surface area contributed by atoms with Crippen LogP contribution < -0.4 is 10.6 Å². The Morgan fingerprint density at radius 2 is 2.32 bits per heavy atom. The molecule has 2 heterocycles. The van der Waals surface area contributed by atoms with Crippen molar-refractivity contribution in [1.82, 2.24) is 20.8 Å². The predicted molar refractivity (Wildman–Crippen MR) is 76.4 cm³/mol. The zero-order valence-electron chi connectivity index (χ0n) is 11.3. The van der Waals surface area contributed by atoms with Gasteiger partial charge in [-0.25, -0.2) is 0 Å². The molecule has 2 N–H and O–H groups in total. The minimum Gasteiger partial charge on any atom is -0.350 e. The normalized spacial score (nSPS) is 21.3. The molecule has 1 unspecified atom stereocenters. The van der Waals surface area contributed by atoms with Gasteiger partial charge in [0.05, 0.1) is 18.0 Å². The lowest BCUT2D eigenvalue weighted by atomic mass is 9.77. The van der Waals surface area contributed by atoms with E-state index >= 15 is 0 Å². The summed E-state index contributed by atoms with van der Waals surface area (Å²) in [5.41, 5.74) is 0.779. The van der Waals surface area contributed by atoms with Crippen molar-refractivity contribution < 1.29 is 4.79 Å². The minimum atomic E-state index is -0.0897. The molecule has 1 amide bonds. The predicted octanol–water partition coefficient (Wildman–Crippen LogP) is 1.41. The lowest BCUT2D eigenvalue weighted by molar-refractivity contribution is 0.0928. The SMILES string of the molecule is CC1(C)CCCNC1CNC(=O)c1ccnnc1.Cl. The minimum absolute atomic E-state index is 0. The number of halogens is 1. The zero-order chi connectivity index (χ0) is 13.0. The maximum atomic E-state index is 11.9. The van der Waals surface area contributed by atoms with E-state index in [4.69, 9.17) is 0 Å². The van der Waals surface area contributed by atoms with E-state index < -0.39 is 0 Å². The Kier molecular flexibility index (Phi) is 5.69. The third kappa shape index (κ3) is 4.14. The summed E-state index contributed by atoms with van der Waals surface area (Å²) >= 11 is 0. The number of rotatable bonds is 3. The molecule has 2 rings (SSSR count). The lowest BCUT2D eigenvalue weighted by Gasteiger charge is -2.39. The molecular weight excluding hydrogens is 264 g/mol. The van der Waals surface area contributed by atoms with Crippen LogP contribution in [0.4, 0.5) is 0 Å². The van der Waals surface area contributed by atoms with Gasteiger partial charge in [-0.05, 0) is 30.9 Å². The molecular formula is C13H21ClN4O. The first-order valence-electron chi connectivity index (χ1n) is 6.38. The summed E-state index contributed by atoms with van der Waals surface area (Å²) in [6, 6.07) is 1.99. The van der Waals surface area contributed by atoms with Crippen LogP contribution in [0, 0.1) is 5.41 Å². The molecule has 1 saturated heterocycles. The van der Waals surface area contributed by atoms with Crippen molar-refractivity contribution in [3.05, 3.63) is 24.0 Å². The Hall–Kier alpha value is -1.20. The number of carbonyl (C=O) groups excluding carboxylic acids is 1. The number of carbonyl (C=O) groups is 1. The Bertz CT molecular complexity index is 410.